The Morgan fingerprint density at radius 2 is 2.20 bits per heavy atom. The lowest BCUT2D eigenvalue weighted by atomic mass is 10.2. The van der Waals surface area contributed by atoms with Gasteiger partial charge in [-0.15, -0.1) is 11.3 Å². The number of amides is 1. The van der Waals surface area contributed by atoms with Crippen LogP contribution < -0.4 is 24.8 Å². The highest BCUT2D eigenvalue weighted by molar-refractivity contribution is 7.07. The SMILES string of the molecule is CCNC(=O)/C(C#N)=c1\s/c(=C\c2cccc(OC)c2)c(=O)n1CC. The van der Waals surface area contributed by atoms with Crippen molar-refractivity contribution in [1.82, 2.24) is 9.88 Å². The largest absolute Gasteiger partial charge is 0.497 e. The molecule has 0 atom stereocenters. The molecule has 0 spiro atoms. The minimum absolute atomic E-state index is 0.0453. The molecule has 1 aromatic heterocycles. The summed E-state index contributed by atoms with van der Waals surface area (Å²) < 4.78 is 7.47. The lowest BCUT2D eigenvalue weighted by Crippen LogP contribution is -2.34. The van der Waals surface area contributed by atoms with Crippen LogP contribution in [0, 0.1) is 11.3 Å². The van der Waals surface area contributed by atoms with Gasteiger partial charge in [0, 0.05) is 13.1 Å². The average Bonchev–Trinajstić information content (AvgIpc) is 2.91. The molecule has 2 rings (SSSR count). The molecule has 25 heavy (non-hydrogen) atoms. The normalized spacial score (nSPS) is 12.5. The highest BCUT2D eigenvalue weighted by Gasteiger charge is 2.14. The molecule has 1 heterocycles. The zero-order chi connectivity index (χ0) is 18.4. The predicted molar refractivity (Wildman–Crippen MR) is 97.8 cm³/mol. The van der Waals surface area contributed by atoms with Crippen molar-refractivity contribution >= 4 is 28.9 Å². The van der Waals surface area contributed by atoms with Crippen LogP contribution in [0.25, 0.3) is 11.6 Å². The van der Waals surface area contributed by atoms with Gasteiger partial charge >= 0.3 is 0 Å². The smallest absolute Gasteiger partial charge is 0.269 e. The Labute approximate surface area is 149 Å². The molecule has 0 aliphatic heterocycles. The van der Waals surface area contributed by atoms with Crippen molar-refractivity contribution in [3.8, 4) is 11.8 Å². The summed E-state index contributed by atoms with van der Waals surface area (Å²) in [4.78, 5) is 24.7. The van der Waals surface area contributed by atoms with Gasteiger partial charge in [0.2, 0.25) is 0 Å². The number of nitrogens with zero attached hydrogens (tertiary/aromatic N) is 2. The van der Waals surface area contributed by atoms with Gasteiger partial charge in [0.15, 0.2) is 5.57 Å². The first kappa shape index (κ1) is 18.5. The lowest BCUT2D eigenvalue weighted by molar-refractivity contribution is -0.115. The molecule has 0 fully saturated rings. The second-order valence-electron chi connectivity index (χ2n) is 5.09. The molecule has 0 unspecified atom stereocenters. The first-order chi connectivity index (χ1) is 12.0. The van der Waals surface area contributed by atoms with Crippen LogP contribution in [0.15, 0.2) is 29.1 Å². The highest BCUT2D eigenvalue weighted by Crippen LogP contribution is 2.12. The van der Waals surface area contributed by atoms with Crippen LogP contribution in [0.1, 0.15) is 19.4 Å². The number of nitriles is 1. The van der Waals surface area contributed by atoms with Crippen molar-refractivity contribution in [1.29, 1.82) is 5.26 Å². The van der Waals surface area contributed by atoms with Crippen molar-refractivity contribution in [3.63, 3.8) is 0 Å². The van der Waals surface area contributed by atoms with Crippen LogP contribution in [0.5, 0.6) is 5.75 Å². The van der Waals surface area contributed by atoms with E-state index in [9.17, 15) is 14.9 Å². The van der Waals surface area contributed by atoms with E-state index >= 15 is 0 Å². The van der Waals surface area contributed by atoms with Crippen molar-refractivity contribution in [2.45, 2.75) is 20.4 Å². The summed E-state index contributed by atoms with van der Waals surface area (Å²) in [7, 11) is 1.58. The molecule has 0 aliphatic rings. The summed E-state index contributed by atoms with van der Waals surface area (Å²) in [5, 5.41) is 12.0. The molecule has 0 saturated heterocycles. The highest BCUT2D eigenvalue weighted by atomic mass is 32.1. The molecule has 7 heteroatoms. The number of hydrogen-bond donors (Lipinski definition) is 1. The van der Waals surface area contributed by atoms with Crippen molar-refractivity contribution in [2.24, 2.45) is 0 Å². The predicted octanol–water partition coefficient (Wildman–Crippen LogP) is 0.577. The Morgan fingerprint density at radius 3 is 2.80 bits per heavy atom. The number of benzene rings is 1. The number of aromatic nitrogens is 1. The molecule has 2 aromatic rings. The number of methoxy groups -OCH3 is 1. The van der Waals surface area contributed by atoms with Gasteiger partial charge in [-0.1, -0.05) is 12.1 Å². The second-order valence-corrected chi connectivity index (χ2v) is 6.12. The summed E-state index contributed by atoms with van der Waals surface area (Å²) in [5.74, 6) is 0.217. The minimum atomic E-state index is -0.471. The van der Waals surface area contributed by atoms with Gasteiger partial charge in [-0.05, 0) is 37.6 Å². The molecule has 1 amide bonds. The summed E-state index contributed by atoms with van der Waals surface area (Å²) in [6.07, 6.45) is 1.73. The fourth-order valence-corrected chi connectivity index (χ4v) is 3.48. The van der Waals surface area contributed by atoms with E-state index in [1.807, 2.05) is 30.3 Å². The third-order valence-corrected chi connectivity index (χ3v) is 4.64. The second kappa shape index (κ2) is 8.31. The van der Waals surface area contributed by atoms with E-state index in [-0.39, 0.29) is 11.1 Å². The third kappa shape index (κ3) is 3.98. The molecule has 0 saturated carbocycles. The van der Waals surface area contributed by atoms with E-state index in [0.717, 1.165) is 16.9 Å². The van der Waals surface area contributed by atoms with Gasteiger partial charge in [0.05, 0.1) is 11.6 Å². The number of ether oxygens (including phenoxy) is 1. The first-order valence-corrected chi connectivity index (χ1v) is 8.65. The van der Waals surface area contributed by atoms with Crippen molar-refractivity contribution in [2.75, 3.05) is 13.7 Å². The third-order valence-electron chi connectivity index (χ3n) is 3.51. The fraction of sp³-hybridized carbons (Fsp3) is 0.278. The maximum Gasteiger partial charge on any atom is 0.269 e. The van der Waals surface area contributed by atoms with Crippen LogP contribution >= 0.6 is 11.3 Å². The Bertz CT molecular complexity index is 996. The molecule has 0 bridgehead atoms. The van der Waals surface area contributed by atoms with Crippen LogP contribution in [0.2, 0.25) is 0 Å². The van der Waals surface area contributed by atoms with E-state index < -0.39 is 5.91 Å². The summed E-state index contributed by atoms with van der Waals surface area (Å²) >= 11 is 1.14. The van der Waals surface area contributed by atoms with E-state index in [1.165, 1.54) is 4.57 Å². The van der Waals surface area contributed by atoms with Crippen LogP contribution in [0.3, 0.4) is 0 Å². The fourth-order valence-electron chi connectivity index (χ4n) is 2.32. The van der Waals surface area contributed by atoms with Gasteiger partial charge in [0.1, 0.15) is 16.5 Å². The first-order valence-electron chi connectivity index (χ1n) is 7.83. The van der Waals surface area contributed by atoms with Gasteiger partial charge in [0.25, 0.3) is 11.5 Å². The zero-order valence-corrected chi connectivity index (χ0v) is 15.1. The quantitative estimate of drug-likeness (QED) is 0.848. The molecule has 0 aliphatic carbocycles. The van der Waals surface area contributed by atoms with Crippen LogP contribution in [-0.4, -0.2) is 24.1 Å². The average molecular weight is 357 g/mol. The van der Waals surface area contributed by atoms with Crippen molar-refractivity contribution < 1.29 is 9.53 Å². The Hall–Kier alpha value is -2.85. The molecular formula is C18H19N3O3S. The number of rotatable bonds is 5. The molecule has 6 nitrogen and oxygen atoms in total. The number of carbonyl (C=O) groups is 1. The number of hydrogen-bond acceptors (Lipinski definition) is 5. The van der Waals surface area contributed by atoms with Gasteiger partial charge < -0.3 is 10.1 Å². The standard InChI is InChI=1S/C18H19N3O3S/c1-4-20-16(22)14(11-19)18-21(5-2)17(23)15(25-18)10-12-7-6-8-13(9-12)24-3/h6-10H,4-5H2,1-3H3,(H,20,22)/b15-10-,18-14-. The number of thiazole rings is 1. The molecule has 1 N–H and O–H groups in total. The van der Waals surface area contributed by atoms with Gasteiger partial charge in [-0.2, -0.15) is 5.26 Å². The van der Waals surface area contributed by atoms with E-state index in [2.05, 4.69) is 5.32 Å². The summed E-state index contributed by atoms with van der Waals surface area (Å²) in [5.41, 5.74) is 0.544. The molecule has 0 radical (unpaired) electrons. The maximum absolute atomic E-state index is 12.6. The van der Waals surface area contributed by atoms with E-state index in [1.54, 1.807) is 27.0 Å². The molecule has 130 valence electrons. The molecule has 1 aromatic carbocycles. The maximum atomic E-state index is 12.6. The zero-order valence-electron chi connectivity index (χ0n) is 14.3. The van der Waals surface area contributed by atoms with E-state index in [0.29, 0.717) is 28.0 Å². The Balaban J connectivity index is 2.73. The van der Waals surface area contributed by atoms with Crippen molar-refractivity contribution in [3.05, 3.63) is 49.4 Å². The van der Waals surface area contributed by atoms with Gasteiger partial charge in [-0.25, -0.2) is 0 Å². The summed E-state index contributed by atoms with van der Waals surface area (Å²) in [6, 6.07) is 9.24. The number of nitrogens with one attached hydrogen (secondary N) is 1. The Morgan fingerprint density at radius 1 is 1.44 bits per heavy atom. The van der Waals surface area contributed by atoms with Crippen LogP contribution in [0.4, 0.5) is 0 Å². The van der Waals surface area contributed by atoms with E-state index in [4.69, 9.17) is 4.74 Å². The lowest BCUT2D eigenvalue weighted by Gasteiger charge is -2.00. The molecular weight excluding hydrogens is 338 g/mol. The number of carbonyl (C=O) groups excluding carboxylic acids is 1. The van der Waals surface area contributed by atoms with Crippen LogP contribution in [-0.2, 0) is 11.3 Å². The Kier molecular flexibility index (Phi) is 6.14. The monoisotopic (exact) mass is 357 g/mol. The topological polar surface area (TPSA) is 84.1 Å². The minimum Gasteiger partial charge on any atom is -0.497 e. The summed E-state index contributed by atoms with van der Waals surface area (Å²) in [6.45, 7) is 4.37. The van der Waals surface area contributed by atoms with Gasteiger partial charge in [-0.3, -0.25) is 14.2 Å².